The van der Waals surface area contributed by atoms with Gasteiger partial charge in [-0.2, -0.15) is 0 Å². The van der Waals surface area contributed by atoms with Crippen molar-refractivity contribution in [2.24, 2.45) is 10.9 Å². The van der Waals surface area contributed by atoms with Crippen molar-refractivity contribution in [3.63, 3.8) is 0 Å². The topological polar surface area (TPSA) is 37.5 Å². The monoisotopic (exact) mass is 654 g/mol. The average molecular weight is 655 g/mol. The molecule has 2 aliphatic rings. The minimum atomic E-state index is -0.0700. The van der Waals surface area contributed by atoms with E-state index in [-0.39, 0.29) is 12.0 Å². The van der Waals surface area contributed by atoms with Crippen molar-refractivity contribution in [1.82, 2.24) is 5.32 Å². The average Bonchev–Trinajstić information content (AvgIpc) is 3.59. The Morgan fingerprint density at radius 2 is 1.29 bits per heavy atom. The number of furan rings is 1. The third kappa shape index (κ3) is 5.26. The van der Waals surface area contributed by atoms with Gasteiger partial charge in [-0.1, -0.05) is 146 Å². The number of benzene rings is 7. The van der Waals surface area contributed by atoms with E-state index in [2.05, 4.69) is 181 Å². The Balaban J connectivity index is 1.02. The van der Waals surface area contributed by atoms with Gasteiger partial charge in [0.05, 0.1) is 11.7 Å². The molecule has 2 atom stereocenters. The summed E-state index contributed by atoms with van der Waals surface area (Å²) in [4.78, 5) is 5.15. The number of nitrogens with zero attached hydrogens (tertiary/aromatic N) is 1. The minimum Gasteiger partial charge on any atom is -0.456 e. The van der Waals surface area contributed by atoms with Gasteiger partial charge in [0.15, 0.2) is 0 Å². The lowest BCUT2D eigenvalue weighted by molar-refractivity contribution is 0.667. The minimum absolute atomic E-state index is 0.0700. The van der Waals surface area contributed by atoms with Crippen LogP contribution in [0, 0.1) is 5.92 Å². The number of fused-ring (bicyclic) bond motifs is 6. The molecule has 242 valence electrons. The molecular formula is C48H34N2O. The molecule has 0 saturated heterocycles. The van der Waals surface area contributed by atoms with E-state index in [1.54, 1.807) is 0 Å². The summed E-state index contributed by atoms with van der Waals surface area (Å²) in [6.07, 6.45) is 11.9. The molecule has 0 radical (unpaired) electrons. The summed E-state index contributed by atoms with van der Waals surface area (Å²) >= 11 is 0. The van der Waals surface area contributed by atoms with Crippen molar-refractivity contribution in [1.29, 1.82) is 0 Å². The van der Waals surface area contributed by atoms with Crippen molar-refractivity contribution in [3.8, 4) is 22.3 Å². The van der Waals surface area contributed by atoms with Gasteiger partial charge in [-0.3, -0.25) is 0 Å². The first-order valence-electron chi connectivity index (χ1n) is 17.7. The Bertz CT molecular complexity index is 2750. The SMILES string of the molecule is C1=CC[C@@H](C2=NC(c3ccccc3)=CC(c3cccc4oc5ccc(-c6ccc(-c7ccc8c(ccc9ccccc98)c7)cc6)cc5c34)N2)C=C1. The number of hydrogen-bond donors (Lipinski definition) is 1. The van der Waals surface area contributed by atoms with Crippen LogP contribution in [0.4, 0.5) is 0 Å². The molecular weight excluding hydrogens is 621 g/mol. The molecule has 0 bridgehead atoms. The van der Waals surface area contributed by atoms with Gasteiger partial charge in [-0.15, -0.1) is 0 Å². The van der Waals surface area contributed by atoms with Crippen LogP contribution in [-0.4, -0.2) is 5.84 Å². The largest absolute Gasteiger partial charge is 0.456 e. The maximum atomic E-state index is 6.47. The zero-order valence-electron chi connectivity index (χ0n) is 28.0. The van der Waals surface area contributed by atoms with E-state index in [0.717, 1.165) is 51.0 Å². The number of amidine groups is 1. The van der Waals surface area contributed by atoms with Gasteiger partial charge in [0.1, 0.15) is 17.0 Å². The van der Waals surface area contributed by atoms with Crippen LogP contribution in [0.1, 0.15) is 23.6 Å². The molecule has 0 spiro atoms. The van der Waals surface area contributed by atoms with Gasteiger partial charge >= 0.3 is 0 Å². The summed E-state index contributed by atoms with van der Waals surface area (Å²) in [7, 11) is 0. The number of rotatable bonds is 5. The Kier molecular flexibility index (Phi) is 7.02. The van der Waals surface area contributed by atoms with Crippen LogP contribution in [-0.2, 0) is 0 Å². The van der Waals surface area contributed by atoms with E-state index in [4.69, 9.17) is 9.41 Å². The van der Waals surface area contributed by atoms with Gasteiger partial charge in [0.2, 0.25) is 0 Å². The van der Waals surface area contributed by atoms with Gasteiger partial charge in [0, 0.05) is 16.7 Å². The molecule has 8 aromatic rings. The van der Waals surface area contributed by atoms with E-state index in [1.165, 1.54) is 43.8 Å². The molecule has 0 amide bonds. The standard InChI is InChI=1S/C48H34N2O/c1-3-11-34(12-4-1)43-30-44(50-48(49-43)35-13-5-2-6-14-35)41-16-9-17-46-47(41)42-29-37(25-27-45(42)51-46)32-20-18-31(19-21-32)36-24-26-40-38(28-36)23-22-33-10-7-8-15-39(33)40/h1-13,15-30,35,44H,14H2,(H,49,50)/t35-,44?/m0/s1. The number of allylic oxidation sites excluding steroid dienone is 3. The smallest absolute Gasteiger partial charge is 0.135 e. The third-order valence-electron chi connectivity index (χ3n) is 10.4. The predicted octanol–water partition coefficient (Wildman–Crippen LogP) is 12.4. The van der Waals surface area contributed by atoms with Crippen LogP contribution >= 0.6 is 0 Å². The van der Waals surface area contributed by atoms with E-state index < -0.39 is 0 Å². The highest BCUT2D eigenvalue weighted by molar-refractivity contribution is 6.10. The second-order valence-electron chi connectivity index (χ2n) is 13.5. The molecule has 1 aromatic heterocycles. The lowest BCUT2D eigenvalue weighted by atomic mass is 9.93. The molecule has 2 heterocycles. The van der Waals surface area contributed by atoms with Gasteiger partial charge in [-0.05, 0) is 91.7 Å². The van der Waals surface area contributed by atoms with Crippen molar-refractivity contribution in [2.75, 3.05) is 0 Å². The third-order valence-corrected chi connectivity index (χ3v) is 10.4. The molecule has 3 heteroatoms. The second-order valence-corrected chi connectivity index (χ2v) is 13.5. The molecule has 3 nitrogen and oxygen atoms in total. The van der Waals surface area contributed by atoms with Gasteiger partial charge < -0.3 is 9.73 Å². The molecule has 1 aliphatic carbocycles. The second kappa shape index (κ2) is 12.2. The summed E-state index contributed by atoms with van der Waals surface area (Å²) < 4.78 is 6.47. The summed E-state index contributed by atoms with van der Waals surface area (Å²) in [5.41, 5.74) is 9.82. The lowest BCUT2D eigenvalue weighted by Gasteiger charge is -2.28. The Morgan fingerprint density at radius 3 is 2.14 bits per heavy atom. The van der Waals surface area contributed by atoms with Crippen molar-refractivity contribution in [2.45, 2.75) is 12.5 Å². The number of aliphatic imine (C=N–C) groups is 1. The van der Waals surface area contributed by atoms with Crippen LogP contribution in [0.3, 0.4) is 0 Å². The van der Waals surface area contributed by atoms with Gasteiger partial charge in [-0.25, -0.2) is 4.99 Å². The van der Waals surface area contributed by atoms with E-state index in [1.807, 2.05) is 0 Å². The number of nitrogens with one attached hydrogen (secondary N) is 1. The van der Waals surface area contributed by atoms with Crippen molar-refractivity contribution < 1.29 is 4.42 Å². The lowest BCUT2D eigenvalue weighted by Crippen LogP contribution is -2.35. The zero-order chi connectivity index (χ0) is 33.7. The molecule has 0 fully saturated rings. The molecule has 10 rings (SSSR count). The fraction of sp³-hybridized carbons (Fsp3) is 0.0625. The summed E-state index contributed by atoms with van der Waals surface area (Å²) in [6, 6.07) is 52.2. The maximum Gasteiger partial charge on any atom is 0.135 e. The van der Waals surface area contributed by atoms with Crippen molar-refractivity contribution in [3.05, 3.63) is 187 Å². The van der Waals surface area contributed by atoms with Crippen molar-refractivity contribution >= 4 is 55.0 Å². The Morgan fingerprint density at radius 1 is 0.549 bits per heavy atom. The highest BCUT2D eigenvalue weighted by Gasteiger charge is 2.26. The van der Waals surface area contributed by atoms with E-state index in [9.17, 15) is 0 Å². The van der Waals surface area contributed by atoms with Crippen LogP contribution in [0.15, 0.2) is 185 Å². The Labute approximate surface area is 296 Å². The first-order valence-corrected chi connectivity index (χ1v) is 17.7. The molecule has 51 heavy (non-hydrogen) atoms. The highest BCUT2D eigenvalue weighted by Crippen LogP contribution is 2.39. The first-order chi connectivity index (χ1) is 25.2. The van der Waals surface area contributed by atoms with Gasteiger partial charge in [0.25, 0.3) is 0 Å². The fourth-order valence-corrected chi connectivity index (χ4v) is 7.81. The number of hydrogen-bond acceptors (Lipinski definition) is 3. The molecule has 1 aliphatic heterocycles. The van der Waals surface area contributed by atoms with Crippen LogP contribution < -0.4 is 5.32 Å². The van der Waals surface area contributed by atoms with Crippen LogP contribution in [0.2, 0.25) is 0 Å². The first kappa shape index (κ1) is 29.5. The molecule has 1 unspecified atom stereocenters. The molecule has 1 N–H and O–H groups in total. The quantitative estimate of drug-likeness (QED) is 0.188. The highest BCUT2D eigenvalue weighted by atomic mass is 16.3. The Hall–Kier alpha value is -6.45. The normalized spacial score (nSPS) is 17.2. The van der Waals surface area contributed by atoms with Crippen LogP contribution in [0.25, 0.3) is 71.4 Å². The van der Waals surface area contributed by atoms with E-state index in [0.29, 0.717) is 0 Å². The summed E-state index contributed by atoms with van der Waals surface area (Å²) in [6.45, 7) is 0. The summed E-state index contributed by atoms with van der Waals surface area (Å²) in [5.74, 6) is 1.20. The van der Waals surface area contributed by atoms with E-state index >= 15 is 0 Å². The van der Waals surface area contributed by atoms with Crippen LogP contribution in [0.5, 0.6) is 0 Å². The molecule has 7 aromatic carbocycles. The maximum absolute atomic E-state index is 6.47. The predicted molar refractivity (Wildman–Crippen MR) is 214 cm³/mol. The zero-order valence-corrected chi connectivity index (χ0v) is 28.0. The summed E-state index contributed by atoms with van der Waals surface area (Å²) in [5, 5.41) is 11.2. The fourth-order valence-electron chi connectivity index (χ4n) is 7.81. The molecule has 0 saturated carbocycles.